The molecule has 118 valence electrons. The van der Waals surface area contributed by atoms with E-state index in [1.54, 1.807) is 12.1 Å². The van der Waals surface area contributed by atoms with Crippen LogP contribution in [0.2, 0.25) is 0 Å². The Hall–Kier alpha value is -2.57. The van der Waals surface area contributed by atoms with E-state index in [0.717, 1.165) is 10.9 Å². The number of nitrogens with two attached hydrogens (primary N) is 2. The molecule has 1 unspecified atom stereocenters. The van der Waals surface area contributed by atoms with Crippen LogP contribution in [-0.4, -0.2) is 17.1 Å². The lowest BCUT2D eigenvalue weighted by Gasteiger charge is -2.16. The number of methoxy groups -OCH3 is 1. The van der Waals surface area contributed by atoms with Gasteiger partial charge in [0, 0.05) is 5.39 Å². The lowest BCUT2D eigenvalue weighted by atomic mass is 10.0. The van der Waals surface area contributed by atoms with Crippen LogP contribution in [0.3, 0.4) is 0 Å². The Morgan fingerprint density at radius 2 is 1.96 bits per heavy atom. The Labute approximate surface area is 133 Å². The molecular formula is C17H17FN4O. The van der Waals surface area contributed by atoms with E-state index in [0.29, 0.717) is 17.1 Å². The third-order valence-electron chi connectivity index (χ3n) is 3.69. The maximum Gasteiger partial charge on any atom is 0.165 e. The van der Waals surface area contributed by atoms with Gasteiger partial charge in [-0.3, -0.25) is 0 Å². The highest BCUT2D eigenvalue weighted by atomic mass is 19.1. The summed E-state index contributed by atoms with van der Waals surface area (Å²) in [5.41, 5.74) is 14.0. The first-order chi connectivity index (χ1) is 11.1. The van der Waals surface area contributed by atoms with Crippen LogP contribution in [0.25, 0.3) is 10.9 Å². The largest absolute Gasteiger partial charge is 0.494 e. The summed E-state index contributed by atoms with van der Waals surface area (Å²) in [4.78, 5) is 8.84. The molecular weight excluding hydrogens is 295 g/mol. The summed E-state index contributed by atoms with van der Waals surface area (Å²) in [6, 6.07) is 11.6. The first-order valence-electron chi connectivity index (χ1n) is 7.18. The molecule has 23 heavy (non-hydrogen) atoms. The molecule has 1 atom stereocenters. The minimum Gasteiger partial charge on any atom is -0.494 e. The molecule has 3 aromatic rings. The van der Waals surface area contributed by atoms with Crippen LogP contribution in [0.4, 0.5) is 4.39 Å². The fourth-order valence-electron chi connectivity index (χ4n) is 2.51. The van der Waals surface area contributed by atoms with E-state index in [2.05, 4.69) is 9.97 Å². The quantitative estimate of drug-likeness (QED) is 0.772. The third-order valence-corrected chi connectivity index (χ3v) is 3.69. The summed E-state index contributed by atoms with van der Waals surface area (Å²) in [5.74, 6) is 0.220. The van der Waals surface area contributed by atoms with Crippen molar-refractivity contribution in [2.24, 2.45) is 11.5 Å². The molecule has 0 saturated heterocycles. The Morgan fingerprint density at radius 3 is 2.65 bits per heavy atom. The van der Waals surface area contributed by atoms with Gasteiger partial charge in [0.05, 0.1) is 30.9 Å². The van der Waals surface area contributed by atoms with Gasteiger partial charge >= 0.3 is 0 Å². The van der Waals surface area contributed by atoms with E-state index in [4.69, 9.17) is 16.2 Å². The number of hydrogen-bond acceptors (Lipinski definition) is 5. The van der Waals surface area contributed by atoms with E-state index in [1.165, 1.54) is 13.2 Å². The Bertz CT molecular complexity index is 853. The molecule has 3 rings (SSSR count). The second-order valence-electron chi connectivity index (χ2n) is 5.12. The van der Waals surface area contributed by atoms with E-state index in [-0.39, 0.29) is 12.3 Å². The maximum absolute atomic E-state index is 14.0. The van der Waals surface area contributed by atoms with Crippen LogP contribution in [0, 0.1) is 5.82 Å². The zero-order valence-electron chi connectivity index (χ0n) is 12.7. The zero-order chi connectivity index (χ0) is 16.4. The molecule has 5 nitrogen and oxygen atoms in total. The van der Waals surface area contributed by atoms with Gasteiger partial charge in [0.25, 0.3) is 0 Å². The molecule has 1 aromatic heterocycles. The van der Waals surface area contributed by atoms with Crippen molar-refractivity contribution in [2.75, 3.05) is 7.11 Å². The molecule has 0 amide bonds. The number of halogens is 1. The zero-order valence-corrected chi connectivity index (χ0v) is 12.7. The van der Waals surface area contributed by atoms with Gasteiger partial charge in [-0.25, -0.2) is 14.4 Å². The van der Waals surface area contributed by atoms with E-state index in [9.17, 15) is 4.39 Å². The van der Waals surface area contributed by atoms with Gasteiger partial charge in [-0.15, -0.1) is 0 Å². The number of rotatable bonds is 4. The van der Waals surface area contributed by atoms with Crippen LogP contribution < -0.4 is 16.2 Å². The van der Waals surface area contributed by atoms with Crippen molar-refractivity contribution in [1.29, 1.82) is 0 Å². The minimum absolute atomic E-state index is 0.177. The standard InChI is InChI=1S/C17H17FN4O/c1-23-14-7-6-10(8-12(14)18)16(20)17-11-4-2-3-5-13(11)21-15(9-19)22-17/h2-8,16H,9,19-20H2,1H3. The Morgan fingerprint density at radius 1 is 1.17 bits per heavy atom. The highest BCUT2D eigenvalue weighted by molar-refractivity contribution is 5.81. The van der Waals surface area contributed by atoms with Crippen molar-refractivity contribution in [1.82, 2.24) is 9.97 Å². The highest BCUT2D eigenvalue weighted by Crippen LogP contribution is 2.27. The van der Waals surface area contributed by atoms with Crippen molar-refractivity contribution < 1.29 is 9.13 Å². The molecule has 4 N–H and O–H groups in total. The normalized spacial score (nSPS) is 12.3. The van der Waals surface area contributed by atoms with Gasteiger partial charge in [-0.1, -0.05) is 24.3 Å². The molecule has 0 aliphatic rings. The molecule has 0 spiro atoms. The summed E-state index contributed by atoms with van der Waals surface area (Å²) < 4.78 is 18.9. The topological polar surface area (TPSA) is 87.0 Å². The summed E-state index contributed by atoms with van der Waals surface area (Å²) in [7, 11) is 1.42. The predicted molar refractivity (Wildman–Crippen MR) is 86.4 cm³/mol. The summed E-state index contributed by atoms with van der Waals surface area (Å²) >= 11 is 0. The SMILES string of the molecule is COc1ccc(C(N)c2nc(CN)nc3ccccc23)cc1F. The molecule has 0 saturated carbocycles. The first-order valence-corrected chi connectivity index (χ1v) is 7.18. The highest BCUT2D eigenvalue weighted by Gasteiger charge is 2.17. The van der Waals surface area contributed by atoms with Gasteiger partial charge < -0.3 is 16.2 Å². The van der Waals surface area contributed by atoms with Crippen molar-refractivity contribution in [3.05, 3.63) is 65.4 Å². The van der Waals surface area contributed by atoms with E-state index >= 15 is 0 Å². The summed E-state index contributed by atoms with van der Waals surface area (Å²) in [6.45, 7) is 0.210. The summed E-state index contributed by atoms with van der Waals surface area (Å²) in [5, 5.41) is 0.827. The summed E-state index contributed by atoms with van der Waals surface area (Å²) in [6.07, 6.45) is 0. The number of para-hydroxylation sites is 1. The monoisotopic (exact) mass is 312 g/mol. The van der Waals surface area contributed by atoms with Crippen LogP contribution in [0.5, 0.6) is 5.75 Å². The van der Waals surface area contributed by atoms with Gasteiger partial charge in [-0.05, 0) is 23.8 Å². The average Bonchev–Trinajstić information content (AvgIpc) is 2.60. The smallest absolute Gasteiger partial charge is 0.165 e. The van der Waals surface area contributed by atoms with Crippen molar-refractivity contribution in [3.63, 3.8) is 0 Å². The molecule has 1 heterocycles. The fraction of sp³-hybridized carbons (Fsp3) is 0.176. The van der Waals surface area contributed by atoms with Crippen LogP contribution in [0.15, 0.2) is 42.5 Å². The second-order valence-corrected chi connectivity index (χ2v) is 5.12. The first kappa shape index (κ1) is 15.3. The lowest BCUT2D eigenvalue weighted by molar-refractivity contribution is 0.386. The van der Waals surface area contributed by atoms with Crippen LogP contribution >= 0.6 is 0 Å². The van der Waals surface area contributed by atoms with Gasteiger partial charge in [0.1, 0.15) is 5.82 Å². The lowest BCUT2D eigenvalue weighted by Crippen LogP contribution is -2.17. The Kier molecular flexibility index (Phi) is 4.18. The minimum atomic E-state index is -0.589. The van der Waals surface area contributed by atoms with E-state index < -0.39 is 11.9 Å². The molecule has 2 aromatic carbocycles. The second kappa shape index (κ2) is 6.28. The molecule has 6 heteroatoms. The molecule has 0 radical (unpaired) electrons. The van der Waals surface area contributed by atoms with Crippen LogP contribution in [0.1, 0.15) is 23.1 Å². The third kappa shape index (κ3) is 2.86. The van der Waals surface area contributed by atoms with Gasteiger partial charge in [0.2, 0.25) is 0 Å². The molecule has 0 aliphatic carbocycles. The predicted octanol–water partition coefficient (Wildman–Crippen LogP) is 2.28. The maximum atomic E-state index is 14.0. The fourth-order valence-corrected chi connectivity index (χ4v) is 2.51. The Balaban J connectivity index is 2.13. The van der Waals surface area contributed by atoms with Gasteiger partial charge in [-0.2, -0.15) is 0 Å². The van der Waals surface area contributed by atoms with Crippen molar-refractivity contribution >= 4 is 10.9 Å². The number of benzene rings is 2. The number of ether oxygens (including phenoxy) is 1. The number of aromatic nitrogens is 2. The number of fused-ring (bicyclic) bond motifs is 1. The van der Waals surface area contributed by atoms with Crippen molar-refractivity contribution in [3.8, 4) is 5.75 Å². The van der Waals surface area contributed by atoms with E-state index in [1.807, 2.05) is 24.3 Å². The molecule has 0 bridgehead atoms. The van der Waals surface area contributed by atoms with Gasteiger partial charge in [0.15, 0.2) is 11.6 Å². The number of hydrogen-bond donors (Lipinski definition) is 2. The average molecular weight is 312 g/mol. The molecule has 0 fully saturated rings. The van der Waals surface area contributed by atoms with Crippen LogP contribution in [-0.2, 0) is 6.54 Å². The van der Waals surface area contributed by atoms with Crippen molar-refractivity contribution in [2.45, 2.75) is 12.6 Å². The number of nitrogens with zero attached hydrogens (tertiary/aromatic N) is 2. The molecule has 0 aliphatic heterocycles.